The molecular weight excluding hydrogens is 315 g/mol. The second kappa shape index (κ2) is 8.24. The third-order valence-corrected chi connectivity index (χ3v) is 3.57. The van der Waals surface area contributed by atoms with E-state index in [0.29, 0.717) is 11.8 Å². The van der Waals surface area contributed by atoms with Gasteiger partial charge in [-0.3, -0.25) is 9.98 Å². The Kier molecular flexibility index (Phi) is 6.96. The van der Waals surface area contributed by atoms with E-state index in [9.17, 15) is 0 Å². The minimum Gasteiger partial charge on any atom is -0.255 e. The monoisotopic (exact) mass is 338 g/mol. The van der Waals surface area contributed by atoms with Crippen LogP contribution in [-0.4, -0.2) is 11.2 Å². The molecule has 0 unspecified atom stereocenters. The number of aliphatic imine (C=N–C) groups is 1. The van der Waals surface area contributed by atoms with E-state index in [2.05, 4.69) is 51.7 Å². The fourth-order valence-corrected chi connectivity index (χ4v) is 2.45. The summed E-state index contributed by atoms with van der Waals surface area (Å²) in [6, 6.07) is 10.4. The molecule has 1 heterocycles. The Bertz CT molecular complexity index is 602. The topological polar surface area (TPSA) is 25.2 Å². The number of aromatic nitrogens is 1. The maximum atomic E-state index is 4.77. The quantitative estimate of drug-likeness (QED) is 0.542. The Morgan fingerprint density at radius 2 is 1.59 bits per heavy atom. The summed E-state index contributed by atoms with van der Waals surface area (Å²) >= 11 is 0. The van der Waals surface area contributed by atoms with Crippen LogP contribution >= 0.6 is 0 Å². The van der Waals surface area contributed by atoms with E-state index in [4.69, 9.17) is 4.99 Å². The third-order valence-electron chi connectivity index (χ3n) is 3.57. The van der Waals surface area contributed by atoms with Gasteiger partial charge < -0.3 is 0 Å². The van der Waals surface area contributed by atoms with E-state index < -0.39 is 0 Å². The van der Waals surface area contributed by atoms with E-state index in [1.807, 2.05) is 24.4 Å². The molecule has 2 aromatic rings. The molecule has 22 heavy (non-hydrogen) atoms. The van der Waals surface area contributed by atoms with E-state index in [1.165, 1.54) is 16.7 Å². The SMILES string of the molecule is Cc1cc(C(C)C)c(N=Cc2ccccn2)c(C(C)C)c1.[Ni]. The van der Waals surface area contributed by atoms with Gasteiger partial charge in [0.15, 0.2) is 0 Å². The second-order valence-electron chi connectivity index (χ2n) is 6.11. The first-order valence-electron chi connectivity index (χ1n) is 7.58. The van der Waals surface area contributed by atoms with E-state index in [0.717, 1.165) is 11.4 Å². The molecule has 0 aliphatic carbocycles. The van der Waals surface area contributed by atoms with Crippen molar-refractivity contribution < 1.29 is 16.5 Å². The molecule has 0 saturated carbocycles. The molecule has 0 bridgehead atoms. The molecule has 0 aliphatic heterocycles. The standard InChI is InChI=1S/C19H24N2.Ni/c1-13(2)17-10-15(5)11-18(14(3)4)19(17)21-12-16-8-6-7-9-20-16;/h6-14H,1-5H3;. The smallest absolute Gasteiger partial charge is 0.0812 e. The zero-order valence-corrected chi connectivity index (χ0v) is 14.9. The van der Waals surface area contributed by atoms with Gasteiger partial charge in [-0.2, -0.15) is 0 Å². The van der Waals surface area contributed by atoms with Crippen molar-refractivity contribution in [3.63, 3.8) is 0 Å². The van der Waals surface area contributed by atoms with Crippen molar-refractivity contribution in [1.29, 1.82) is 0 Å². The van der Waals surface area contributed by atoms with Crippen molar-refractivity contribution in [2.75, 3.05) is 0 Å². The first kappa shape index (κ1) is 18.6. The van der Waals surface area contributed by atoms with E-state index in [1.54, 1.807) is 6.20 Å². The van der Waals surface area contributed by atoms with Gasteiger partial charge in [0, 0.05) is 22.7 Å². The number of hydrogen-bond donors (Lipinski definition) is 0. The Labute approximate surface area is 144 Å². The van der Waals surface area contributed by atoms with Crippen LogP contribution in [0.1, 0.15) is 61.9 Å². The summed E-state index contributed by atoms with van der Waals surface area (Å²) in [7, 11) is 0. The van der Waals surface area contributed by atoms with Gasteiger partial charge in [0.05, 0.1) is 17.6 Å². The van der Waals surface area contributed by atoms with Crippen LogP contribution in [0.15, 0.2) is 41.5 Å². The van der Waals surface area contributed by atoms with Crippen molar-refractivity contribution in [3.05, 3.63) is 58.9 Å². The number of aryl methyl sites for hydroxylation is 1. The molecule has 1 aromatic carbocycles. The van der Waals surface area contributed by atoms with Crippen LogP contribution in [-0.2, 0) is 16.5 Å². The largest absolute Gasteiger partial charge is 0.255 e. The molecule has 0 saturated heterocycles. The molecule has 0 fully saturated rings. The Morgan fingerprint density at radius 1 is 1.00 bits per heavy atom. The maximum Gasteiger partial charge on any atom is 0.0812 e. The number of pyridine rings is 1. The molecule has 2 nitrogen and oxygen atoms in total. The van der Waals surface area contributed by atoms with Gasteiger partial charge >= 0.3 is 0 Å². The van der Waals surface area contributed by atoms with Gasteiger partial charge in [-0.05, 0) is 42.0 Å². The number of benzene rings is 1. The molecule has 0 aliphatic rings. The average Bonchev–Trinajstić information content (AvgIpc) is 2.46. The van der Waals surface area contributed by atoms with Crippen LogP contribution in [0.3, 0.4) is 0 Å². The van der Waals surface area contributed by atoms with Crippen molar-refractivity contribution >= 4 is 11.9 Å². The zero-order chi connectivity index (χ0) is 15.4. The second-order valence-corrected chi connectivity index (χ2v) is 6.11. The maximum absolute atomic E-state index is 4.77. The summed E-state index contributed by atoms with van der Waals surface area (Å²) in [4.78, 5) is 9.08. The van der Waals surface area contributed by atoms with Crippen LogP contribution in [0.2, 0.25) is 0 Å². The number of rotatable bonds is 4. The van der Waals surface area contributed by atoms with Crippen molar-refractivity contribution in [2.45, 2.75) is 46.5 Å². The van der Waals surface area contributed by atoms with Crippen LogP contribution in [0.25, 0.3) is 0 Å². The summed E-state index contributed by atoms with van der Waals surface area (Å²) in [6.07, 6.45) is 3.66. The molecule has 0 N–H and O–H groups in total. The predicted molar refractivity (Wildman–Crippen MR) is 90.8 cm³/mol. The van der Waals surface area contributed by atoms with Gasteiger partial charge in [-0.15, -0.1) is 0 Å². The van der Waals surface area contributed by atoms with Crippen LogP contribution < -0.4 is 0 Å². The summed E-state index contributed by atoms with van der Waals surface area (Å²) < 4.78 is 0. The molecule has 2 rings (SSSR count). The molecule has 0 radical (unpaired) electrons. The summed E-state index contributed by atoms with van der Waals surface area (Å²) in [5.74, 6) is 0.913. The van der Waals surface area contributed by atoms with Crippen LogP contribution in [0.5, 0.6) is 0 Å². The average molecular weight is 339 g/mol. The van der Waals surface area contributed by atoms with Crippen molar-refractivity contribution in [2.24, 2.45) is 4.99 Å². The molecular formula is C19H24N2Ni. The Balaban J connectivity index is 0.00000242. The van der Waals surface area contributed by atoms with Crippen LogP contribution in [0.4, 0.5) is 5.69 Å². The van der Waals surface area contributed by atoms with Gasteiger partial charge in [0.25, 0.3) is 0 Å². The Morgan fingerprint density at radius 3 is 2.05 bits per heavy atom. The summed E-state index contributed by atoms with van der Waals surface area (Å²) in [5.41, 5.74) is 5.93. The first-order chi connectivity index (χ1) is 9.99. The Hall–Kier alpha value is -1.47. The number of nitrogens with zero attached hydrogens (tertiary/aromatic N) is 2. The first-order valence-corrected chi connectivity index (χ1v) is 7.58. The fourth-order valence-electron chi connectivity index (χ4n) is 2.45. The summed E-state index contributed by atoms with van der Waals surface area (Å²) in [5, 5.41) is 0. The minimum atomic E-state index is 0. The van der Waals surface area contributed by atoms with E-state index >= 15 is 0 Å². The van der Waals surface area contributed by atoms with Crippen molar-refractivity contribution in [1.82, 2.24) is 4.98 Å². The fraction of sp³-hybridized carbons (Fsp3) is 0.368. The number of hydrogen-bond acceptors (Lipinski definition) is 2. The third kappa shape index (κ3) is 4.51. The van der Waals surface area contributed by atoms with Gasteiger partial charge in [0.2, 0.25) is 0 Å². The molecule has 0 atom stereocenters. The normalized spacial score (nSPS) is 11.2. The van der Waals surface area contributed by atoms with Gasteiger partial charge in [-0.25, -0.2) is 0 Å². The predicted octanol–water partition coefficient (Wildman–Crippen LogP) is 5.38. The zero-order valence-electron chi connectivity index (χ0n) is 13.9. The molecule has 1 aromatic heterocycles. The molecule has 120 valence electrons. The van der Waals surface area contributed by atoms with Crippen LogP contribution in [0, 0.1) is 6.92 Å². The van der Waals surface area contributed by atoms with Gasteiger partial charge in [-0.1, -0.05) is 51.5 Å². The molecule has 0 spiro atoms. The summed E-state index contributed by atoms with van der Waals surface area (Å²) in [6.45, 7) is 11.0. The van der Waals surface area contributed by atoms with E-state index in [-0.39, 0.29) is 16.5 Å². The molecule has 0 amide bonds. The minimum absolute atomic E-state index is 0. The molecule has 3 heteroatoms. The van der Waals surface area contributed by atoms with Crippen molar-refractivity contribution in [3.8, 4) is 0 Å². The van der Waals surface area contributed by atoms with Gasteiger partial charge in [0.1, 0.15) is 0 Å².